The molecule has 0 atom stereocenters. The number of hydrogen-bond donors (Lipinski definition) is 0. The van der Waals surface area contributed by atoms with Gasteiger partial charge in [-0.2, -0.15) is 0 Å². The van der Waals surface area contributed by atoms with Gasteiger partial charge in [-0.15, -0.1) is 0 Å². The van der Waals surface area contributed by atoms with Crippen LogP contribution < -0.4 is 4.74 Å². The Balaban J connectivity index is 1.93. The minimum absolute atomic E-state index is 0.0580. The van der Waals surface area contributed by atoms with E-state index in [-0.39, 0.29) is 6.67 Å². The topological polar surface area (TPSA) is 70.2 Å². The second kappa shape index (κ2) is 7.06. The number of nitrogens with zero attached hydrogens (tertiary/aromatic N) is 3. The first kappa shape index (κ1) is 16.7. The van der Waals surface area contributed by atoms with E-state index in [1.54, 1.807) is 18.0 Å². The molecule has 122 valence electrons. The molecule has 1 fully saturated rings. The number of imide groups is 2. The van der Waals surface area contributed by atoms with Gasteiger partial charge in [0.1, 0.15) is 12.4 Å². The van der Waals surface area contributed by atoms with E-state index in [0.717, 1.165) is 21.1 Å². The monoisotopic (exact) mass is 317 g/mol. The van der Waals surface area contributed by atoms with Crippen LogP contribution in [0.15, 0.2) is 36.9 Å². The Kier molecular flexibility index (Phi) is 5.13. The molecule has 7 nitrogen and oxygen atoms in total. The van der Waals surface area contributed by atoms with Gasteiger partial charge in [0.2, 0.25) is 0 Å². The molecule has 0 saturated carbocycles. The molecule has 0 aromatic heterocycles. The quantitative estimate of drug-likeness (QED) is 0.427. The molecule has 0 radical (unpaired) electrons. The van der Waals surface area contributed by atoms with Crippen molar-refractivity contribution < 1.29 is 19.1 Å². The molecular formula is C16H19N3O4. The lowest BCUT2D eigenvalue weighted by atomic mass is 10.2. The van der Waals surface area contributed by atoms with Gasteiger partial charge in [-0.25, -0.2) is 9.69 Å². The van der Waals surface area contributed by atoms with E-state index in [1.807, 2.05) is 24.3 Å². The number of hydrogen-bond acceptors (Lipinski definition) is 5. The maximum absolute atomic E-state index is 11.8. The van der Waals surface area contributed by atoms with Crippen LogP contribution in [0.3, 0.4) is 0 Å². The smallest absolute Gasteiger partial charge is 0.335 e. The summed E-state index contributed by atoms with van der Waals surface area (Å²) in [6, 6.07) is 6.89. The second-order valence-electron chi connectivity index (χ2n) is 5.28. The van der Waals surface area contributed by atoms with Crippen LogP contribution in [0.1, 0.15) is 5.56 Å². The number of amides is 4. The Morgan fingerprint density at radius 2 is 1.83 bits per heavy atom. The lowest BCUT2D eigenvalue weighted by Crippen LogP contribution is -2.40. The van der Waals surface area contributed by atoms with Crippen molar-refractivity contribution in [3.8, 4) is 5.75 Å². The largest absolute Gasteiger partial charge is 0.490 e. The summed E-state index contributed by atoms with van der Waals surface area (Å²) >= 11 is 0. The zero-order chi connectivity index (χ0) is 17.0. The van der Waals surface area contributed by atoms with Crippen molar-refractivity contribution in [2.75, 3.05) is 27.4 Å². The highest BCUT2D eigenvalue weighted by Gasteiger charge is 2.42. The molecule has 23 heavy (non-hydrogen) atoms. The highest BCUT2D eigenvalue weighted by atomic mass is 16.5. The highest BCUT2D eigenvalue weighted by molar-refractivity contribution is 6.44. The van der Waals surface area contributed by atoms with Gasteiger partial charge in [-0.3, -0.25) is 19.4 Å². The molecule has 0 aliphatic carbocycles. The molecule has 1 aromatic rings. The molecule has 2 rings (SSSR count). The summed E-state index contributed by atoms with van der Waals surface area (Å²) in [5.74, 6) is -0.849. The first-order valence-corrected chi connectivity index (χ1v) is 7.08. The SMILES string of the molecule is C=CCOc1ccc(CN(C)CN2C(=O)C(=O)N(C)C2=O)cc1. The average Bonchev–Trinajstić information content (AvgIpc) is 2.72. The van der Waals surface area contributed by atoms with E-state index in [2.05, 4.69) is 6.58 Å². The normalized spacial score (nSPS) is 14.8. The van der Waals surface area contributed by atoms with Gasteiger partial charge in [-0.05, 0) is 24.7 Å². The van der Waals surface area contributed by atoms with Crippen molar-refractivity contribution >= 4 is 17.8 Å². The van der Waals surface area contributed by atoms with Gasteiger partial charge in [0.05, 0.1) is 6.67 Å². The number of carbonyl (C=O) groups is 3. The van der Waals surface area contributed by atoms with E-state index < -0.39 is 17.8 Å². The molecule has 1 heterocycles. The summed E-state index contributed by atoms with van der Waals surface area (Å²) in [7, 11) is 3.07. The van der Waals surface area contributed by atoms with Gasteiger partial charge in [0, 0.05) is 13.6 Å². The van der Waals surface area contributed by atoms with Gasteiger partial charge < -0.3 is 4.74 Å². The van der Waals surface area contributed by atoms with E-state index in [9.17, 15) is 14.4 Å². The molecule has 1 saturated heterocycles. The fourth-order valence-electron chi connectivity index (χ4n) is 2.19. The van der Waals surface area contributed by atoms with Crippen molar-refractivity contribution in [3.05, 3.63) is 42.5 Å². The molecule has 4 amide bonds. The van der Waals surface area contributed by atoms with E-state index in [1.165, 1.54) is 7.05 Å². The van der Waals surface area contributed by atoms with Crippen molar-refractivity contribution in [2.24, 2.45) is 0 Å². The standard InChI is InChI=1S/C16H19N3O4/c1-4-9-23-13-7-5-12(6-8-13)10-17(2)11-19-15(21)14(20)18(3)16(19)22/h4-8H,1,9-11H2,2-3H3. The Hall–Kier alpha value is -2.67. The Morgan fingerprint density at radius 1 is 1.17 bits per heavy atom. The minimum atomic E-state index is -0.799. The Morgan fingerprint density at radius 3 is 2.35 bits per heavy atom. The average molecular weight is 317 g/mol. The molecule has 0 unspecified atom stereocenters. The fourth-order valence-corrected chi connectivity index (χ4v) is 2.19. The predicted octanol–water partition coefficient (Wildman–Crippen LogP) is 1.06. The summed E-state index contributed by atoms with van der Waals surface area (Å²) in [5, 5.41) is 0. The first-order chi connectivity index (χ1) is 10.9. The van der Waals surface area contributed by atoms with Gasteiger partial charge >= 0.3 is 17.8 Å². The van der Waals surface area contributed by atoms with Crippen LogP contribution in [0.2, 0.25) is 0 Å². The Bertz CT molecular complexity index is 627. The third kappa shape index (κ3) is 3.75. The van der Waals surface area contributed by atoms with Crippen molar-refractivity contribution in [3.63, 3.8) is 0 Å². The number of urea groups is 1. The number of carbonyl (C=O) groups excluding carboxylic acids is 3. The van der Waals surface area contributed by atoms with Crippen molar-refractivity contribution in [2.45, 2.75) is 6.54 Å². The zero-order valence-corrected chi connectivity index (χ0v) is 13.2. The minimum Gasteiger partial charge on any atom is -0.490 e. The maximum atomic E-state index is 11.8. The second-order valence-corrected chi connectivity index (χ2v) is 5.28. The zero-order valence-electron chi connectivity index (χ0n) is 13.2. The number of benzene rings is 1. The molecular weight excluding hydrogens is 298 g/mol. The van der Waals surface area contributed by atoms with Crippen LogP contribution in [0.5, 0.6) is 5.75 Å². The number of rotatable bonds is 7. The summed E-state index contributed by atoms with van der Waals surface area (Å²) in [6.07, 6.45) is 1.67. The van der Waals surface area contributed by atoms with Crippen LogP contribution in [0.25, 0.3) is 0 Å². The van der Waals surface area contributed by atoms with Crippen LogP contribution >= 0.6 is 0 Å². The van der Waals surface area contributed by atoms with Crippen LogP contribution in [-0.2, 0) is 16.1 Å². The third-order valence-electron chi connectivity index (χ3n) is 3.38. The molecule has 0 N–H and O–H groups in total. The Labute approximate surface area is 134 Å². The lowest BCUT2D eigenvalue weighted by molar-refractivity contribution is -0.143. The highest BCUT2D eigenvalue weighted by Crippen LogP contribution is 2.15. The van der Waals surface area contributed by atoms with Gasteiger partial charge in [0.25, 0.3) is 0 Å². The van der Waals surface area contributed by atoms with Gasteiger partial charge in [-0.1, -0.05) is 24.8 Å². The predicted molar refractivity (Wildman–Crippen MR) is 83.5 cm³/mol. The van der Waals surface area contributed by atoms with Crippen LogP contribution in [0, 0.1) is 0 Å². The molecule has 7 heteroatoms. The van der Waals surface area contributed by atoms with Crippen LogP contribution in [-0.4, -0.2) is 59.9 Å². The third-order valence-corrected chi connectivity index (χ3v) is 3.38. The van der Waals surface area contributed by atoms with Crippen molar-refractivity contribution in [1.29, 1.82) is 0 Å². The van der Waals surface area contributed by atoms with E-state index in [0.29, 0.717) is 13.2 Å². The molecule has 0 spiro atoms. The summed E-state index contributed by atoms with van der Waals surface area (Å²) in [6.45, 7) is 4.61. The summed E-state index contributed by atoms with van der Waals surface area (Å²) in [5.41, 5.74) is 0.997. The van der Waals surface area contributed by atoms with Crippen LogP contribution in [0.4, 0.5) is 4.79 Å². The van der Waals surface area contributed by atoms with E-state index >= 15 is 0 Å². The molecule has 0 bridgehead atoms. The summed E-state index contributed by atoms with van der Waals surface area (Å²) in [4.78, 5) is 38.5. The first-order valence-electron chi connectivity index (χ1n) is 7.08. The lowest BCUT2D eigenvalue weighted by Gasteiger charge is -2.22. The number of ether oxygens (including phenoxy) is 1. The molecule has 1 aliphatic heterocycles. The number of likely N-dealkylation sites (N-methyl/N-ethyl adjacent to an activating group) is 1. The fraction of sp³-hybridized carbons (Fsp3) is 0.312. The molecule has 1 aliphatic rings. The molecule has 1 aromatic carbocycles. The van der Waals surface area contributed by atoms with E-state index in [4.69, 9.17) is 4.74 Å². The van der Waals surface area contributed by atoms with Gasteiger partial charge in [0.15, 0.2) is 0 Å². The maximum Gasteiger partial charge on any atom is 0.335 e. The summed E-state index contributed by atoms with van der Waals surface area (Å²) < 4.78 is 5.40. The van der Waals surface area contributed by atoms with Crippen molar-refractivity contribution in [1.82, 2.24) is 14.7 Å².